The summed E-state index contributed by atoms with van der Waals surface area (Å²) < 4.78 is 5.40. The summed E-state index contributed by atoms with van der Waals surface area (Å²) in [7, 11) is 0. The van der Waals surface area contributed by atoms with Gasteiger partial charge in [0, 0.05) is 49.1 Å². The molecular formula is C30H35N5O3. The molecule has 0 radical (unpaired) electrons. The molecule has 8 heteroatoms. The van der Waals surface area contributed by atoms with E-state index in [1.54, 1.807) is 17.3 Å². The van der Waals surface area contributed by atoms with Crippen molar-refractivity contribution in [1.82, 2.24) is 9.88 Å². The van der Waals surface area contributed by atoms with Crippen molar-refractivity contribution in [3.8, 4) is 0 Å². The fraction of sp³-hybridized carbons (Fsp3) is 0.367. The number of aromatic nitrogens is 1. The Morgan fingerprint density at radius 1 is 1.03 bits per heavy atom. The van der Waals surface area contributed by atoms with Gasteiger partial charge in [0.15, 0.2) is 0 Å². The van der Waals surface area contributed by atoms with Gasteiger partial charge in [-0.2, -0.15) is 0 Å². The maximum Gasteiger partial charge on any atom is 0.261 e. The molecule has 8 nitrogen and oxygen atoms in total. The van der Waals surface area contributed by atoms with Crippen molar-refractivity contribution in [3.63, 3.8) is 0 Å². The molecule has 0 spiro atoms. The summed E-state index contributed by atoms with van der Waals surface area (Å²) in [5.74, 6) is -0.111. The van der Waals surface area contributed by atoms with Crippen molar-refractivity contribution in [1.29, 1.82) is 0 Å². The van der Waals surface area contributed by atoms with Crippen molar-refractivity contribution in [3.05, 3.63) is 83.2 Å². The second kappa shape index (κ2) is 10.9. The second-order valence-corrected chi connectivity index (χ2v) is 10.9. The standard InChI is InChI=1S/C30H35N5O3/c1-30(2,3)24-8-7-23(17-26(24)33-27(36)20-34-13-15-38-16-14-34)35-19-22-5-4-6-25(28(22)29(35)37)32-18-21-9-11-31-12-10-21/h4-12,17,32H,13-16,18-20H2,1-3H3,(H,33,36). The Morgan fingerprint density at radius 2 is 1.79 bits per heavy atom. The van der Waals surface area contributed by atoms with Crippen LogP contribution in [-0.2, 0) is 28.0 Å². The van der Waals surface area contributed by atoms with Gasteiger partial charge in [0.1, 0.15) is 0 Å². The topological polar surface area (TPSA) is 86.8 Å². The number of carbonyl (C=O) groups is 2. The second-order valence-electron chi connectivity index (χ2n) is 10.9. The highest BCUT2D eigenvalue weighted by molar-refractivity contribution is 6.13. The molecule has 2 aromatic carbocycles. The molecule has 0 atom stereocenters. The molecule has 1 aromatic heterocycles. The number of hydrogen-bond acceptors (Lipinski definition) is 6. The number of ether oxygens (including phenoxy) is 1. The van der Waals surface area contributed by atoms with Crippen LogP contribution < -0.4 is 15.5 Å². The molecule has 1 fully saturated rings. The Balaban J connectivity index is 1.37. The fourth-order valence-electron chi connectivity index (χ4n) is 5.02. The summed E-state index contributed by atoms with van der Waals surface area (Å²) >= 11 is 0. The highest BCUT2D eigenvalue weighted by atomic mass is 16.5. The highest BCUT2D eigenvalue weighted by Crippen LogP contribution is 2.37. The fourth-order valence-corrected chi connectivity index (χ4v) is 5.02. The van der Waals surface area contributed by atoms with E-state index in [0.29, 0.717) is 38.4 Å². The first-order valence-corrected chi connectivity index (χ1v) is 13.1. The summed E-state index contributed by atoms with van der Waals surface area (Å²) in [4.78, 5) is 34.6. The van der Waals surface area contributed by atoms with Crippen molar-refractivity contribution < 1.29 is 14.3 Å². The molecule has 3 heterocycles. The van der Waals surface area contributed by atoms with E-state index in [-0.39, 0.29) is 17.2 Å². The summed E-state index contributed by atoms with van der Waals surface area (Å²) in [6.45, 7) is 10.6. The van der Waals surface area contributed by atoms with Crippen molar-refractivity contribution in [2.24, 2.45) is 0 Å². The van der Waals surface area contributed by atoms with Crippen molar-refractivity contribution in [2.45, 2.75) is 39.3 Å². The molecule has 2 amide bonds. The minimum absolute atomic E-state index is 0.0491. The smallest absolute Gasteiger partial charge is 0.261 e. The first kappa shape index (κ1) is 25.9. The van der Waals surface area contributed by atoms with E-state index in [0.717, 1.165) is 46.8 Å². The molecule has 2 N–H and O–H groups in total. The first-order chi connectivity index (χ1) is 18.3. The molecule has 2 aliphatic heterocycles. The largest absolute Gasteiger partial charge is 0.380 e. The minimum atomic E-state index is -0.178. The molecule has 1 saturated heterocycles. The third kappa shape index (κ3) is 5.71. The molecule has 0 bridgehead atoms. The number of nitrogens with one attached hydrogen (secondary N) is 2. The van der Waals surface area contributed by atoms with E-state index in [2.05, 4.69) is 41.3 Å². The number of rotatable bonds is 7. The number of fused-ring (bicyclic) bond motifs is 1. The Labute approximate surface area is 224 Å². The number of benzene rings is 2. The monoisotopic (exact) mass is 513 g/mol. The van der Waals surface area contributed by atoms with E-state index in [4.69, 9.17) is 4.74 Å². The van der Waals surface area contributed by atoms with Gasteiger partial charge in [-0.15, -0.1) is 0 Å². The summed E-state index contributed by atoms with van der Waals surface area (Å²) in [5, 5.41) is 6.56. The molecule has 3 aromatic rings. The van der Waals surface area contributed by atoms with Gasteiger partial charge in [-0.05, 0) is 52.4 Å². The minimum Gasteiger partial charge on any atom is -0.380 e. The molecule has 0 saturated carbocycles. The number of amides is 2. The average Bonchev–Trinajstić information content (AvgIpc) is 3.25. The Hall–Kier alpha value is -3.75. The van der Waals surface area contributed by atoms with Crippen LogP contribution in [0.1, 0.15) is 47.8 Å². The van der Waals surface area contributed by atoms with Gasteiger partial charge in [0.05, 0.1) is 31.9 Å². The van der Waals surface area contributed by atoms with Crippen LogP contribution in [0.4, 0.5) is 17.1 Å². The zero-order chi connectivity index (χ0) is 26.7. The van der Waals surface area contributed by atoms with E-state index in [1.807, 2.05) is 48.5 Å². The van der Waals surface area contributed by atoms with E-state index in [1.165, 1.54) is 0 Å². The number of anilines is 3. The third-order valence-corrected chi connectivity index (χ3v) is 7.04. The van der Waals surface area contributed by atoms with Gasteiger partial charge in [-0.1, -0.05) is 39.0 Å². The first-order valence-electron chi connectivity index (χ1n) is 13.1. The van der Waals surface area contributed by atoms with Crippen LogP contribution in [0.15, 0.2) is 60.9 Å². The molecular weight excluding hydrogens is 478 g/mol. The van der Waals surface area contributed by atoms with Crippen molar-refractivity contribution in [2.75, 3.05) is 48.4 Å². The van der Waals surface area contributed by atoms with Crippen LogP contribution in [0.3, 0.4) is 0 Å². The summed E-state index contributed by atoms with van der Waals surface area (Å²) in [6, 6.07) is 15.8. The maximum atomic E-state index is 13.7. The van der Waals surface area contributed by atoms with Crippen LogP contribution in [0.25, 0.3) is 0 Å². The molecule has 198 valence electrons. The lowest BCUT2D eigenvalue weighted by Crippen LogP contribution is -2.41. The normalized spacial score (nSPS) is 15.9. The third-order valence-electron chi connectivity index (χ3n) is 7.04. The van der Waals surface area contributed by atoms with Gasteiger partial charge < -0.3 is 20.3 Å². The van der Waals surface area contributed by atoms with Crippen LogP contribution in [0.2, 0.25) is 0 Å². The van der Waals surface area contributed by atoms with Gasteiger partial charge in [-0.3, -0.25) is 19.5 Å². The van der Waals surface area contributed by atoms with Crippen LogP contribution in [0.5, 0.6) is 0 Å². The SMILES string of the molecule is CC(C)(C)c1ccc(N2Cc3cccc(NCc4ccncc4)c3C2=O)cc1NC(=O)CN1CCOCC1. The van der Waals surface area contributed by atoms with Gasteiger partial charge in [0.2, 0.25) is 5.91 Å². The molecule has 38 heavy (non-hydrogen) atoms. The molecule has 0 unspecified atom stereocenters. The van der Waals surface area contributed by atoms with Gasteiger partial charge >= 0.3 is 0 Å². The lowest BCUT2D eigenvalue weighted by Gasteiger charge is -2.28. The number of hydrogen-bond donors (Lipinski definition) is 2. The molecule has 0 aliphatic carbocycles. The van der Waals surface area contributed by atoms with E-state index < -0.39 is 0 Å². The van der Waals surface area contributed by atoms with Crippen molar-refractivity contribution >= 4 is 28.9 Å². The van der Waals surface area contributed by atoms with Gasteiger partial charge in [0.25, 0.3) is 5.91 Å². The zero-order valence-electron chi connectivity index (χ0n) is 22.3. The highest BCUT2D eigenvalue weighted by Gasteiger charge is 2.32. The lowest BCUT2D eigenvalue weighted by molar-refractivity contribution is -0.118. The lowest BCUT2D eigenvalue weighted by atomic mass is 9.85. The predicted molar refractivity (Wildman–Crippen MR) is 150 cm³/mol. The quantitative estimate of drug-likeness (QED) is 0.486. The van der Waals surface area contributed by atoms with E-state index >= 15 is 0 Å². The number of nitrogens with zero attached hydrogens (tertiary/aromatic N) is 3. The number of morpholine rings is 1. The average molecular weight is 514 g/mol. The Morgan fingerprint density at radius 3 is 2.53 bits per heavy atom. The molecule has 5 rings (SSSR count). The Bertz CT molecular complexity index is 1310. The van der Waals surface area contributed by atoms with Crippen LogP contribution in [-0.4, -0.2) is 54.5 Å². The predicted octanol–water partition coefficient (Wildman–Crippen LogP) is 4.42. The molecule has 2 aliphatic rings. The number of carbonyl (C=O) groups excluding carboxylic acids is 2. The Kier molecular flexibility index (Phi) is 7.44. The summed E-state index contributed by atoms with van der Waals surface area (Å²) in [5.41, 5.74) is 5.94. The maximum absolute atomic E-state index is 13.7. The van der Waals surface area contributed by atoms with E-state index in [9.17, 15) is 9.59 Å². The summed E-state index contributed by atoms with van der Waals surface area (Å²) in [6.07, 6.45) is 3.52. The van der Waals surface area contributed by atoms with Crippen LogP contribution >= 0.6 is 0 Å². The number of pyridine rings is 1. The van der Waals surface area contributed by atoms with Crippen LogP contribution in [0, 0.1) is 0 Å². The van der Waals surface area contributed by atoms with Gasteiger partial charge in [-0.25, -0.2) is 0 Å². The zero-order valence-corrected chi connectivity index (χ0v) is 22.3.